The summed E-state index contributed by atoms with van der Waals surface area (Å²) in [5.74, 6) is -0.901. The van der Waals surface area contributed by atoms with E-state index in [-0.39, 0.29) is 17.1 Å². The lowest BCUT2D eigenvalue weighted by atomic mass is 10.1. The van der Waals surface area contributed by atoms with Crippen LogP contribution in [0.1, 0.15) is 23.0 Å². The van der Waals surface area contributed by atoms with Crippen LogP contribution in [0.3, 0.4) is 0 Å². The molecule has 11 heteroatoms. The number of hydrogen-bond donors (Lipinski definition) is 4. The molecule has 2 aromatic heterocycles. The van der Waals surface area contributed by atoms with Crippen LogP contribution in [-0.4, -0.2) is 37.9 Å². The van der Waals surface area contributed by atoms with Gasteiger partial charge < -0.3 is 14.1 Å². The Kier molecular flexibility index (Phi) is 7.18. The summed E-state index contributed by atoms with van der Waals surface area (Å²) in [6.07, 6.45) is 3.07. The largest absolute Gasteiger partial charge is 0.494 e. The van der Waals surface area contributed by atoms with Crippen molar-refractivity contribution in [2.75, 3.05) is 6.61 Å². The van der Waals surface area contributed by atoms with Gasteiger partial charge in [-0.15, -0.1) is 0 Å². The number of rotatable bonds is 9. The molecule has 2 aromatic carbocycles. The Labute approximate surface area is 201 Å². The maximum Gasteiger partial charge on any atom is 0.305 e. The first-order chi connectivity index (χ1) is 16.9. The SMILES string of the molecule is CCOc1ccc(S(=O)(=O)N[C@H](Cc2c[nH]c3ccccc23)C(=O)NNC(=O)c2ccco2)cc1. The molecule has 0 radical (unpaired) electrons. The minimum absolute atomic E-state index is 0.00607. The van der Waals surface area contributed by atoms with Crippen LogP contribution in [0.25, 0.3) is 10.9 Å². The molecule has 35 heavy (non-hydrogen) atoms. The number of aromatic nitrogens is 1. The lowest BCUT2D eigenvalue weighted by Gasteiger charge is -2.19. The summed E-state index contributed by atoms with van der Waals surface area (Å²) in [4.78, 5) is 28.2. The summed E-state index contributed by atoms with van der Waals surface area (Å²) >= 11 is 0. The van der Waals surface area contributed by atoms with Crippen molar-refractivity contribution in [1.82, 2.24) is 20.6 Å². The number of amides is 2. The molecule has 0 saturated heterocycles. The second kappa shape index (κ2) is 10.5. The van der Waals surface area contributed by atoms with Crippen molar-refractivity contribution in [2.24, 2.45) is 0 Å². The molecule has 0 unspecified atom stereocenters. The number of nitrogens with one attached hydrogen (secondary N) is 4. The molecule has 0 aliphatic carbocycles. The van der Waals surface area contributed by atoms with Gasteiger partial charge in [0, 0.05) is 17.1 Å². The zero-order valence-corrected chi connectivity index (χ0v) is 19.6. The fourth-order valence-corrected chi connectivity index (χ4v) is 4.72. The Bertz CT molecular complexity index is 1410. The number of furan rings is 1. The standard InChI is InChI=1S/C24H24N4O6S/c1-2-33-17-9-11-18(12-10-17)35(31,32)28-21(14-16-15-25-20-7-4-3-6-19(16)20)23(29)26-27-24(30)22-8-5-13-34-22/h3-13,15,21,25,28H,2,14H2,1H3,(H,26,29)(H,27,30)/t21-/m1/s1. The number of carbonyl (C=O) groups is 2. The summed E-state index contributed by atoms with van der Waals surface area (Å²) in [5, 5.41) is 0.852. The molecule has 0 fully saturated rings. The highest BCUT2D eigenvalue weighted by Crippen LogP contribution is 2.21. The van der Waals surface area contributed by atoms with Crippen LogP contribution in [0, 0.1) is 0 Å². The molecule has 4 N–H and O–H groups in total. The lowest BCUT2D eigenvalue weighted by Crippen LogP contribution is -2.53. The van der Waals surface area contributed by atoms with Crippen molar-refractivity contribution in [3.8, 4) is 5.75 Å². The number of fused-ring (bicyclic) bond motifs is 1. The Morgan fingerprint density at radius 1 is 1.03 bits per heavy atom. The van der Waals surface area contributed by atoms with Crippen LogP contribution < -0.4 is 20.3 Å². The second-order valence-corrected chi connectivity index (χ2v) is 9.28. The highest BCUT2D eigenvalue weighted by atomic mass is 32.2. The van der Waals surface area contributed by atoms with E-state index in [1.54, 1.807) is 6.20 Å². The lowest BCUT2D eigenvalue weighted by molar-refractivity contribution is -0.123. The molecule has 0 aliphatic rings. The monoisotopic (exact) mass is 496 g/mol. The van der Waals surface area contributed by atoms with Gasteiger partial charge >= 0.3 is 5.91 Å². The average molecular weight is 497 g/mol. The van der Waals surface area contributed by atoms with E-state index in [4.69, 9.17) is 9.15 Å². The van der Waals surface area contributed by atoms with Gasteiger partial charge in [0.1, 0.15) is 11.8 Å². The molecule has 1 atom stereocenters. The second-order valence-electron chi connectivity index (χ2n) is 7.56. The van der Waals surface area contributed by atoms with Crippen molar-refractivity contribution < 1.29 is 27.2 Å². The van der Waals surface area contributed by atoms with E-state index < -0.39 is 27.9 Å². The number of hydrogen-bond acceptors (Lipinski definition) is 6. The van der Waals surface area contributed by atoms with Gasteiger partial charge in [-0.2, -0.15) is 4.72 Å². The Morgan fingerprint density at radius 2 is 1.80 bits per heavy atom. The van der Waals surface area contributed by atoms with Crippen molar-refractivity contribution in [3.05, 3.63) is 84.4 Å². The Hall–Kier alpha value is -4.09. The van der Waals surface area contributed by atoms with E-state index in [2.05, 4.69) is 20.6 Å². The number of ether oxygens (including phenoxy) is 1. The number of sulfonamides is 1. The zero-order chi connectivity index (χ0) is 24.8. The molecule has 0 aliphatic heterocycles. The summed E-state index contributed by atoms with van der Waals surface area (Å²) in [5.41, 5.74) is 6.09. The Balaban J connectivity index is 1.56. The third kappa shape index (κ3) is 5.70. The van der Waals surface area contributed by atoms with E-state index in [1.165, 1.54) is 42.7 Å². The maximum absolute atomic E-state index is 13.1. The maximum atomic E-state index is 13.1. The van der Waals surface area contributed by atoms with E-state index in [0.717, 1.165) is 16.5 Å². The summed E-state index contributed by atoms with van der Waals surface area (Å²) in [6.45, 7) is 2.27. The van der Waals surface area contributed by atoms with Crippen LogP contribution >= 0.6 is 0 Å². The van der Waals surface area contributed by atoms with Crippen LogP contribution in [0.4, 0.5) is 0 Å². The average Bonchev–Trinajstić information content (AvgIpc) is 3.53. The van der Waals surface area contributed by atoms with Gasteiger partial charge in [0.25, 0.3) is 5.91 Å². The molecule has 0 bridgehead atoms. The van der Waals surface area contributed by atoms with Crippen LogP contribution in [0.2, 0.25) is 0 Å². The van der Waals surface area contributed by atoms with Gasteiger partial charge in [-0.3, -0.25) is 20.4 Å². The molecule has 4 aromatic rings. The molecule has 2 heterocycles. The van der Waals surface area contributed by atoms with E-state index in [0.29, 0.717) is 12.4 Å². The van der Waals surface area contributed by atoms with Gasteiger partial charge in [-0.25, -0.2) is 8.42 Å². The van der Waals surface area contributed by atoms with Gasteiger partial charge in [-0.1, -0.05) is 18.2 Å². The zero-order valence-electron chi connectivity index (χ0n) is 18.8. The van der Waals surface area contributed by atoms with Crippen molar-refractivity contribution >= 4 is 32.7 Å². The van der Waals surface area contributed by atoms with Gasteiger partial charge in [0.15, 0.2) is 5.76 Å². The topological polar surface area (TPSA) is 143 Å². The van der Waals surface area contributed by atoms with E-state index >= 15 is 0 Å². The number of H-pyrrole nitrogens is 1. The number of aromatic amines is 1. The summed E-state index contributed by atoms with van der Waals surface area (Å²) < 4.78 is 39.0. The fraction of sp³-hybridized carbons (Fsp3) is 0.167. The van der Waals surface area contributed by atoms with Crippen LogP contribution in [0.5, 0.6) is 5.75 Å². The minimum Gasteiger partial charge on any atom is -0.494 e. The van der Waals surface area contributed by atoms with Gasteiger partial charge in [-0.05, 0) is 61.4 Å². The quantitative estimate of drug-likeness (QED) is 0.262. The Morgan fingerprint density at radius 3 is 2.51 bits per heavy atom. The fourth-order valence-electron chi connectivity index (χ4n) is 3.52. The summed E-state index contributed by atoms with van der Waals surface area (Å²) in [6, 6.07) is 15.1. The highest BCUT2D eigenvalue weighted by Gasteiger charge is 2.27. The first-order valence-corrected chi connectivity index (χ1v) is 12.3. The van der Waals surface area contributed by atoms with Gasteiger partial charge in [0.2, 0.25) is 10.0 Å². The normalized spacial score (nSPS) is 12.3. The number of para-hydroxylation sites is 1. The molecular weight excluding hydrogens is 472 g/mol. The molecule has 2 amide bonds. The first-order valence-electron chi connectivity index (χ1n) is 10.8. The van der Waals surface area contributed by atoms with E-state index in [1.807, 2.05) is 31.2 Å². The molecule has 4 rings (SSSR count). The smallest absolute Gasteiger partial charge is 0.305 e. The number of carbonyl (C=O) groups excluding carboxylic acids is 2. The predicted octanol–water partition coefficient (Wildman–Crippen LogP) is 2.51. The number of hydrazine groups is 1. The number of benzene rings is 2. The van der Waals surface area contributed by atoms with E-state index in [9.17, 15) is 18.0 Å². The molecular formula is C24H24N4O6S. The third-order valence-electron chi connectivity index (χ3n) is 5.20. The van der Waals surface area contributed by atoms with Crippen LogP contribution in [0.15, 0.2) is 82.4 Å². The molecule has 182 valence electrons. The van der Waals surface area contributed by atoms with Gasteiger partial charge in [0.05, 0.1) is 17.8 Å². The predicted molar refractivity (Wildman–Crippen MR) is 128 cm³/mol. The van der Waals surface area contributed by atoms with Crippen LogP contribution in [-0.2, 0) is 21.2 Å². The van der Waals surface area contributed by atoms with Crippen molar-refractivity contribution in [3.63, 3.8) is 0 Å². The third-order valence-corrected chi connectivity index (χ3v) is 6.69. The highest BCUT2D eigenvalue weighted by molar-refractivity contribution is 7.89. The van der Waals surface area contributed by atoms with Crippen molar-refractivity contribution in [1.29, 1.82) is 0 Å². The molecule has 0 saturated carbocycles. The van der Waals surface area contributed by atoms with Crippen molar-refractivity contribution in [2.45, 2.75) is 24.3 Å². The molecule has 10 nitrogen and oxygen atoms in total. The summed E-state index contributed by atoms with van der Waals surface area (Å²) in [7, 11) is -4.08. The minimum atomic E-state index is -4.08. The first kappa shape index (κ1) is 24.0. The molecule has 0 spiro atoms.